The fourth-order valence-electron chi connectivity index (χ4n) is 2.22. The van der Waals surface area contributed by atoms with E-state index in [-0.39, 0.29) is 24.9 Å². The minimum Gasteiger partial charge on any atom is -0.455 e. The smallest absolute Gasteiger partial charge is 0.310 e. The molecule has 3 rings (SSSR count). The number of nitrogens with zero attached hydrogens (tertiary/aromatic N) is 3. The maximum absolute atomic E-state index is 12.0. The van der Waals surface area contributed by atoms with Crippen LogP contribution in [0, 0.1) is 0 Å². The van der Waals surface area contributed by atoms with Crippen LogP contribution in [0.4, 0.5) is 0 Å². The van der Waals surface area contributed by atoms with Crippen molar-refractivity contribution in [3.63, 3.8) is 0 Å². The number of carbonyl (C=O) groups is 1. The molecule has 1 aromatic carbocycles. The molecule has 0 aliphatic rings. The van der Waals surface area contributed by atoms with Crippen LogP contribution in [-0.4, -0.2) is 21.1 Å². The molecule has 0 aliphatic heterocycles. The molecule has 0 spiro atoms. The highest BCUT2D eigenvalue weighted by Gasteiger charge is 2.13. The number of benzene rings is 1. The zero-order valence-electron chi connectivity index (χ0n) is 13.0. The van der Waals surface area contributed by atoms with Gasteiger partial charge in [-0.15, -0.1) is 0 Å². The van der Waals surface area contributed by atoms with Gasteiger partial charge in [-0.25, -0.2) is 0 Å². The molecule has 0 radical (unpaired) electrons. The highest BCUT2D eigenvalue weighted by molar-refractivity contribution is 5.85. The molecule has 0 N–H and O–H groups in total. The molecule has 0 amide bonds. The maximum atomic E-state index is 12.0. The lowest BCUT2D eigenvalue weighted by atomic mass is 10.1. The van der Waals surface area contributed by atoms with E-state index in [0.717, 1.165) is 16.5 Å². The summed E-state index contributed by atoms with van der Waals surface area (Å²) in [6.07, 6.45) is 1.86. The molecule has 2 heterocycles. The minimum atomic E-state index is -0.354. The minimum absolute atomic E-state index is 0.0171. The first kappa shape index (κ1) is 15.1. The molecule has 0 saturated carbocycles. The number of hydrogen-bond donors (Lipinski definition) is 0. The average Bonchev–Trinajstić information content (AvgIpc) is 3.03. The predicted octanol–water partition coefficient (Wildman–Crippen LogP) is 3.03. The quantitative estimate of drug-likeness (QED) is 0.674. The van der Waals surface area contributed by atoms with Crippen molar-refractivity contribution in [2.24, 2.45) is 0 Å². The largest absolute Gasteiger partial charge is 0.455 e. The zero-order chi connectivity index (χ0) is 16.2. The fraction of sp³-hybridized carbons (Fsp3) is 0.294. The van der Waals surface area contributed by atoms with E-state index >= 15 is 0 Å². The van der Waals surface area contributed by atoms with Gasteiger partial charge in [0.1, 0.15) is 0 Å². The van der Waals surface area contributed by atoms with Crippen LogP contribution in [-0.2, 0) is 22.6 Å². The van der Waals surface area contributed by atoms with E-state index in [0.29, 0.717) is 11.7 Å². The SMILES string of the molecule is CC(C)c1noc(COC(=O)Cc2cccc3cccnc23)n1. The molecule has 3 aromatic rings. The second-order valence-corrected chi connectivity index (χ2v) is 5.53. The third kappa shape index (κ3) is 3.53. The number of hydrogen-bond acceptors (Lipinski definition) is 6. The third-order valence-corrected chi connectivity index (χ3v) is 3.41. The van der Waals surface area contributed by atoms with Crippen LogP contribution in [0.25, 0.3) is 10.9 Å². The standard InChI is InChI=1S/C17H17N3O3/c1-11(2)17-19-14(23-20-17)10-22-15(21)9-13-6-3-5-12-7-4-8-18-16(12)13/h3-8,11H,9-10H2,1-2H3. The first-order valence-electron chi connectivity index (χ1n) is 7.44. The van der Waals surface area contributed by atoms with Crippen LogP contribution >= 0.6 is 0 Å². The average molecular weight is 311 g/mol. The summed E-state index contributed by atoms with van der Waals surface area (Å²) in [5, 5.41) is 4.83. The Morgan fingerprint density at radius 3 is 2.87 bits per heavy atom. The lowest BCUT2D eigenvalue weighted by molar-refractivity contribution is -0.144. The van der Waals surface area contributed by atoms with Gasteiger partial charge in [0.05, 0.1) is 11.9 Å². The topological polar surface area (TPSA) is 78.1 Å². The van der Waals surface area contributed by atoms with E-state index in [1.165, 1.54) is 0 Å². The van der Waals surface area contributed by atoms with Gasteiger partial charge in [0.2, 0.25) is 0 Å². The molecule has 0 atom stereocenters. The summed E-state index contributed by atoms with van der Waals surface area (Å²) in [5.41, 5.74) is 1.65. The molecule has 118 valence electrons. The highest BCUT2D eigenvalue weighted by Crippen LogP contribution is 2.17. The molecule has 2 aromatic heterocycles. The van der Waals surface area contributed by atoms with Crippen LogP contribution in [0.2, 0.25) is 0 Å². The molecule has 6 heteroatoms. The van der Waals surface area contributed by atoms with Crippen LogP contribution in [0.5, 0.6) is 0 Å². The first-order valence-corrected chi connectivity index (χ1v) is 7.44. The highest BCUT2D eigenvalue weighted by atomic mass is 16.6. The molecule has 0 aliphatic carbocycles. The number of esters is 1. The van der Waals surface area contributed by atoms with Crippen molar-refractivity contribution in [2.75, 3.05) is 0 Å². The van der Waals surface area contributed by atoms with Crippen LogP contribution in [0.3, 0.4) is 0 Å². The van der Waals surface area contributed by atoms with Gasteiger partial charge in [-0.2, -0.15) is 4.98 Å². The Kier molecular flexibility index (Phi) is 4.32. The lowest BCUT2D eigenvalue weighted by Crippen LogP contribution is -2.09. The second kappa shape index (κ2) is 6.56. The summed E-state index contributed by atoms with van der Waals surface area (Å²) < 4.78 is 10.3. The summed E-state index contributed by atoms with van der Waals surface area (Å²) in [6, 6.07) is 9.57. The lowest BCUT2D eigenvalue weighted by Gasteiger charge is -2.05. The Morgan fingerprint density at radius 2 is 2.09 bits per heavy atom. The molecule has 0 saturated heterocycles. The predicted molar refractivity (Wildman–Crippen MR) is 83.6 cm³/mol. The van der Waals surface area contributed by atoms with E-state index < -0.39 is 0 Å². The van der Waals surface area contributed by atoms with Gasteiger partial charge < -0.3 is 9.26 Å². The van der Waals surface area contributed by atoms with Crippen molar-refractivity contribution in [1.82, 2.24) is 15.1 Å². The summed E-state index contributed by atoms with van der Waals surface area (Å²) in [7, 11) is 0. The summed E-state index contributed by atoms with van der Waals surface area (Å²) in [4.78, 5) is 20.5. The first-order chi connectivity index (χ1) is 11.1. The maximum Gasteiger partial charge on any atom is 0.310 e. The van der Waals surface area contributed by atoms with Gasteiger partial charge in [0.25, 0.3) is 5.89 Å². The number of fused-ring (bicyclic) bond motifs is 1. The van der Waals surface area contributed by atoms with Crippen molar-refractivity contribution in [2.45, 2.75) is 32.8 Å². The Balaban J connectivity index is 1.64. The van der Waals surface area contributed by atoms with Crippen LogP contribution < -0.4 is 0 Å². The van der Waals surface area contributed by atoms with Crippen LogP contribution in [0.1, 0.15) is 37.0 Å². The number of ether oxygens (including phenoxy) is 1. The van der Waals surface area contributed by atoms with Crippen molar-refractivity contribution in [3.8, 4) is 0 Å². The van der Waals surface area contributed by atoms with Crippen molar-refractivity contribution in [1.29, 1.82) is 0 Å². The monoisotopic (exact) mass is 311 g/mol. The number of aromatic nitrogens is 3. The van der Waals surface area contributed by atoms with Crippen molar-refractivity contribution < 1.29 is 14.1 Å². The second-order valence-electron chi connectivity index (χ2n) is 5.53. The normalized spacial score (nSPS) is 11.1. The van der Waals surface area contributed by atoms with E-state index in [1.807, 2.05) is 44.2 Å². The van der Waals surface area contributed by atoms with Gasteiger partial charge in [0, 0.05) is 17.5 Å². The summed E-state index contributed by atoms with van der Waals surface area (Å²) in [6.45, 7) is 3.92. The van der Waals surface area contributed by atoms with Crippen molar-refractivity contribution >= 4 is 16.9 Å². The summed E-state index contributed by atoms with van der Waals surface area (Å²) in [5.74, 6) is 0.727. The third-order valence-electron chi connectivity index (χ3n) is 3.41. The van der Waals surface area contributed by atoms with Gasteiger partial charge in [-0.3, -0.25) is 9.78 Å². The van der Waals surface area contributed by atoms with Gasteiger partial charge in [-0.05, 0) is 11.6 Å². The molecule has 23 heavy (non-hydrogen) atoms. The molecule has 0 fully saturated rings. The molecular weight excluding hydrogens is 294 g/mol. The van der Waals surface area contributed by atoms with E-state index in [9.17, 15) is 4.79 Å². The number of carbonyl (C=O) groups excluding carboxylic acids is 1. The molecule has 0 unspecified atom stereocenters. The van der Waals surface area contributed by atoms with Gasteiger partial charge >= 0.3 is 5.97 Å². The van der Waals surface area contributed by atoms with Crippen molar-refractivity contribution in [3.05, 3.63) is 53.8 Å². The summed E-state index contributed by atoms with van der Waals surface area (Å²) >= 11 is 0. The Hall–Kier alpha value is -2.76. The Bertz CT molecular complexity index is 821. The molecule has 0 bridgehead atoms. The Morgan fingerprint density at radius 1 is 1.26 bits per heavy atom. The van der Waals surface area contributed by atoms with E-state index in [2.05, 4.69) is 15.1 Å². The zero-order valence-corrected chi connectivity index (χ0v) is 13.0. The molecule has 6 nitrogen and oxygen atoms in total. The fourth-order valence-corrected chi connectivity index (χ4v) is 2.22. The number of para-hydroxylation sites is 1. The van der Waals surface area contributed by atoms with Gasteiger partial charge in [-0.1, -0.05) is 43.3 Å². The Labute approximate surface area is 133 Å². The van der Waals surface area contributed by atoms with E-state index in [1.54, 1.807) is 6.20 Å². The van der Waals surface area contributed by atoms with Gasteiger partial charge in [0.15, 0.2) is 12.4 Å². The van der Waals surface area contributed by atoms with E-state index in [4.69, 9.17) is 9.26 Å². The van der Waals surface area contributed by atoms with Crippen LogP contribution in [0.15, 0.2) is 41.1 Å². The number of pyridine rings is 1. The molecular formula is C17H17N3O3. The number of rotatable bonds is 5.